The second kappa shape index (κ2) is 7.74. The van der Waals surface area contributed by atoms with Gasteiger partial charge in [-0.05, 0) is 30.9 Å². The van der Waals surface area contributed by atoms with E-state index in [2.05, 4.69) is 29.5 Å². The van der Waals surface area contributed by atoms with Crippen LogP contribution in [0.4, 0.5) is 0 Å². The molecule has 0 radical (unpaired) electrons. The minimum absolute atomic E-state index is 0.0475. The third-order valence-electron chi connectivity index (χ3n) is 3.83. The molecule has 24 heavy (non-hydrogen) atoms. The number of pyridine rings is 1. The van der Waals surface area contributed by atoms with E-state index in [0.717, 1.165) is 6.42 Å². The summed E-state index contributed by atoms with van der Waals surface area (Å²) in [5.74, 6) is -0.186. The van der Waals surface area contributed by atoms with Gasteiger partial charge in [0.25, 0.3) is 11.8 Å². The molecule has 1 aromatic heterocycles. The fourth-order valence-corrected chi connectivity index (χ4v) is 4.11. The summed E-state index contributed by atoms with van der Waals surface area (Å²) >= 11 is 0. The summed E-state index contributed by atoms with van der Waals surface area (Å²) in [6, 6.07) is 2.57. The highest BCUT2D eigenvalue weighted by atomic mass is 32.2. The van der Waals surface area contributed by atoms with Crippen molar-refractivity contribution < 1.29 is 18.0 Å². The number of aromatic nitrogens is 1. The lowest BCUT2D eigenvalue weighted by molar-refractivity contribution is 0.0936. The van der Waals surface area contributed by atoms with E-state index in [-0.39, 0.29) is 23.1 Å². The van der Waals surface area contributed by atoms with Crippen molar-refractivity contribution in [3.8, 4) is 0 Å². The zero-order chi connectivity index (χ0) is 17.7. The van der Waals surface area contributed by atoms with Crippen LogP contribution in [0.5, 0.6) is 0 Å². The van der Waals surface area contributed by atoms with Crippen molar-refractivity contribution in [2.75, 3.05) is 18.1 Å². The maximum atomic E-state index is 12.2. The van der Waals surface area contributed by atoms with Gasteiger partial charge in [-0.15, -0.1) is 0 Å². The zero-order valence-corrected chi connectivity index (χ0v) is 14.7. The van der Waals surface area contributed by atoms with Gasteiger partial charge in [0, 0.05) is 24.3 Å². The summed E-state index contributed by atoms with van der Waals surface area (Å²) in [6.07, 6.45) is 2.68. The minimum Gasteiger partial charge on any atom is -0.352 e. The molecule has 1 saturated heterocycles. The SMILES string of the molecule is CC(C)CCNC(=O)c1ccnc(C(=O)NC2CCS(=O)(=O)C2)c1. The Balaban J connectivity index is 1.96. The molecule has 2 rings (SSSR count). The van der Waals surface area contributed by atoms with Crippen LogP contribution in [-0.4, -0.2) is 49.3 Å². The molecular weight excluding hydrogens is 330 g/mol. The van der Waals surface area contributed by atoms with Gasteiger partial charge in [-0.1, -0.05) is 13.8 Å². The number of carbonyl (C=O) groups excluding carboxylic acids is 2. The van der Waals surface area contributed by atoms with Crippen molar-refractivity contribution in [3.63, 3.8) is 0 Å². The lowest BCUT2D eigenvalue weighted by atomic mass is 10.1. The first-order valence-electron chi connectivity index (χ1n) is 8.02. The molecule has 1 unspecified atom stereocenters. The Bertz CT molecular complexity index is 716. The van der Waals surface area contributed by atoms with Crippen molar-refractivity contribution in [1.82, 2.24) is 15.6 Å². The molecule has 2 N–H and O–H groups in total. The Kier molecular flexibility index (Phi) is 5.93. The predicted octanol–water partition coefficient (Wildman–Crippen LogP) is 0.774. The minimum atomic E-state index is -3.06. The smallest absolute Gasteiger partial charge is 0.270 e. The van der Waals surface area contributed by atoms with E-state index in [1.807, 2.05) is 0 Å². The normalized spacial score (nSPS) is 19.2. The summed E-state index contributed by atoms with van der Waals surface area (Å²) in [7, 11) is -3.06. The number of sulfone groups is 1. The topological polar surface area (TPSA) is 105 Å². The van der Waals surface area contributed by atoms with Crippen LogP contribution in [-0.2, 0) is 9.84 Å². The molecular formula is C16H23N3O4S. The molecule has 2 heterocycles. The van der Waals surface area contributed by atoms with Gasteiger partial charge in [0.15, 0.2) is 9.84 Å². The van der Waals surface area contributed by atoms with Crippen LogP contribution < -0.4 is 10.6 Å². The number of nitrogens with zero attached hydrogens (tertiary/aromatic N) is 1. The second-order valence-electron chi connectivity index (χ2n) is 6.44. The fourth-order valence-electron chi connectivity index (χ4n) is 2.44. The molecule has 1 fully saturated rings. The van der Waals surface area contributed by atoms with E-state index >= 15 is 0 Å². The van der Waals surface area contributed by atoms with Gasteiger partial charge in [-0.25, -0.2) is 8.42 Å². The molecule has 0 aromatic carbocycles. The highest BCUT2D eigenvalue weighted by Gasteiger charge is 2.29. The van der Waals surface area contributed by atoms with E-state index in [1.54, 1.807) is 6.07 Å². The molecule has 1 aliphatic heterocycles. The fraction of sp³-hybridized carbons (Fsp3) is 0.562. The summed E-state index contributed by atoms with van der Waals surface area (Å²) in [5.41, 5.74) is 0.466. The molecule has 2 amide bonds. The van der Waals surface area contributed by atoms with E-state index in [1.165, 1.54) is 12.3 Å². The molecule has 0 aliphatic carbocycles. The van der Waals surface area contributed by atoms with Gasteiger partial charge >= 0.3 is 0 Å². The Labute approximate surface area is 142 Å². The summed E-state index contributed by atoms with van der Waals surface area (Å²) < 4.78 is 22.9. The van der Waals surface area contributed by atoms with E-state index in [9.17, 15) is 18.0 Å². The third kappa shape index (κ3) is 5.30. The van der Waals surface area contributed by atoms with Crippen molar-refractivity contribution in [2.45, 2.75) is 32.7 Å². The Morgan fingerprint density at radius 1 is 1.33 bits per heavy atom. The highest BCUT2D eigenvalue weighted by molar-refractivity contribution is 7.91. The molecule has 8 heteroatoms. The average molecular weight is 353 g/mol. The van der Waals surface area contributed by atoms with Gasteiger partial charge in [0.1, 0.15) is 5.69 Å². The van der Waals surface area contributed by atoms with Gasteiger partial charge < -0.3 is 10.6 Å². The molecule has 0 bridgehead atoms. The first-order valence-corrected chi connectivity index (χ1v) is 9.84. The maximum absolute atomic E-state index is 12.2. The average Bonchev–Trinajstić information content (AvgIpc) is 2.85. The van der Waals surface area contributed by atoms with Crippen LogP contribution in [0.25, 0.3) is 0 Å². The molecule has 132 valence electrons. The summed E-state index contributed by atoms with van der Waals surface area (Å²) in [5, 5.41) is 5.47. The maximum Gasteiger partial charge on any atom is 0.270 e. The van der Waals surface area contributed by atoms with Crippen molar-refractivity contribution in [1.29, 1.82) is 0 Å². The number of amides is 2. The van der Waals surface area contributed by atoms with E-state index < -0.39 is 21.8 Å². The highest BCUT2D eigenvalue weighted by Crippen LogP contribution is 2.12. The van der Waals surface area contributed by atoms with Crippen LogP contribution >= 0.6 is 0 Å². The summed E-state index contributed by atoms with van der Waals surface area (Å²) in [6.45, 7) is 4.72. The molecule has 0 saturated carbocycles. The third-order valence-corrected chi connectivity index (χ3v) is 5.60. The molecule has 1 aromatic rings. The van der Waals surface area contributed by atoms with Crippen LogP contribution in [0, 0.1) is 5.92 Å². The number of hydrogen-bond donors (Lipinski definition) is 2. The van der Waals surface area contributed by atoms with Crippen molar-refractivity contribution in [3.05, 3.63) is 29.6 Å². The van der Waals surface area contributed by atoms with E-state index in [0.29, 0.717) is 24.4 Å². The van der Waals surface area contributed by atoms with Crippen LogP contribution in [0.2, 0.25) is 0 Å². The van der Waals surface area contributed by atoms with Gasteiger partial charge in [-0.2, -0.15) is 0 Å². The Hall–Kier alpha value is -1.96. The van der Waals surface area contributed by atoms with Gasteiger partial charge in [0.05, 0.1) is 11.5 Å². The standard InChI is InChI=1S/C16H23N3O4S/c1-11(2)3-6-18-15(20)12-4-7-17-14(9-12)16(21)19-13-5-8-24(22,23)10-13/h4,7,9,11,13H,3,5-6,8,10H2,1-2H3,(H,18,20)(H,19,21). The lowest BCUT2D eigenvalue weighted by Crippen LogP contribution is -2.36. The Morgan fingerprint density at radius 3 is 2.71 bits per heavy atom. The molecule has 0 spiro atoms. The number of rotatable bonds is 6. The van der Waals surface area contributed by atoms with Gasteiger partial charge in [-0.3, -0.25) is 14.6 Å². The van der Waals surface area contributed by atoms with E-state index in [4.69, 9.17) is 0 Å². The van der Waals surface area contributed by atoms with Crippen LogP contribution in [0.1, 0.15) is 47.5 Å². The molecule has 1 atom stereocenters. The summed E-state index contributed by atoms with van der Waals surface area (Å²) in [4.78, 5) is 28.2. The predicted molar refractivity (Wildman–Crippen MR) is 90.6 cm³/mol. The number of hydrogen-bond acceptors (Lipinski definition) is 5. The zero-order valence-electron chi connectivity index (χ0n) is 13.9. The lowest BCUT2D eigenvalue weighted by Gasteiger charge is -2.11. The Morgan fingerprint density at radius 2 is 2.08 bits per heavy atom. The molecule has 7 nitrogen and oxygen atoms in total. The van der Waals surface area contributed by atoms with Crippen LogP contribution in [0.3, 0.4) is 0 Å². The van der Waals surface area contributed by atoms with Crippen LogP contribution in [0.15, 0.2) is 18.3 Å². The first-order chi connectivity index (χ1) is 11.3. The first kappa shape index (κ1) is 18.4. The number of nitrogens with one attached hydrogen (secondary N) is 2. The largest absolute Gasteiger partial charge is 0.352 e. The van der Waals surface area contributed by atoms with Gasteiger partial charge in [0.2, 0.25) is 0 Å². The second-order valence-corrected chi connectivity index (χ2v) is 8.67. The van der Waals surface area contributed by atoms with Crippen molar-refractivity contribution >= 4 is 21.7 Å². The van der Waals surface area contributed by atoms with Crippen molar-refractivity contribution in [2.24, 2.45) is 5.92 Å². The quantitative estimate of drug-likeness (QED) is 0.786. The monoisotopic (exact) mass is 353 g/mol. The molecule has 1 aliphatic rings. The number of carbonyl (C=O) groups is 2.